The van der Waals surface area contributed by atoms with E-state index in [0.29, 0.717) is 11.3 Å². The molecule has 0 spiro atoms. The maximum absolute atomic E-state index is 13.1. The molecular formula is C24H25NO4. The molecule has 0 radical (unpaired) electrons. The summed E-state index contributed by atoms with van der Waals surface area (Å²) in [5.74, 6) is -1.18. The number of hydrogen-bond acceptors (Lipinski definition) is 4. The van der Waals surface area contributed by atoms with E-state index in [0.717, 1.165) is 24.8 Å². The van der Waals surface area contributed by atoms with Gasteiger partial charge in [0.15, 0.2) is 12.4 Å². The molecular weight excluding hydrogens is 366 g/mol. The number of nitrogens with one attached hydrogen (secondary N) is 1. The van der Waals surface area contributed by atoms with Crippen LogP contribution in [0.3, 0.4) is 0 Å². The summed E-state index contributed by atoms with van der Waals surface area (Å²) in [4.78, 5) is 38.2. The number of carbonyl (C=O) groups excluding carboxylic acids is 3. The molecule has 29 heavy (non-hydrogen) atoms. The Morgan fingerprint density at radius 2 is 1.59 bits per heavy atom. The second kappa shape index (κ2) is 8.19. The highest BCUT2D eigenvalue weighted by Crippen LogP contribution is 2.53. The SMILES string of the molecule is Cc1ccccc1NC(=O)COC(=O)[C@@H]1[C@H]2CC[C@@H](C2)[C@H]1C(=O)c1ccccc1. The minimum absolute atomic E-state index is 0.0177. The summed E-state index contributed by atoms with van der Waals surface area (Å²) in [7, 11) is 0. The number of Topliss-reactive ketones (excluding diaryl/α,β-unsaturated/α-hetero) is 1. The third-order valence-corrected chi connectivity index (χ3v) is 6.31. The van der Waals surface area contributed by atoms with Gasteiger partial charge in [-0.3, -0.25) is 14.4 Å². The lowest BCUT2D eigenvalue weighted by Gasteiger charge is -2.28. The van der Waals surface area contributed by atoms with Gasteiger partial charge in [-0.05, 0) is 49.7 Å². The molecule has 5 nitrogen and oxygen atoms in total. The standard InChI is InChI=1S/C24H25NO4/c1-15-7-5-6-10-19(15)25-20(26)14-29-24(28)22-18-12-11-17(13-18)21(22)23(27)16-8-3-2-4-9-16/h2-10,17-18,21-22H,11-14H2,1H3,(H,25,26)/t17-,18-,21+,22+/m0/s1. The Hall–Kier alpha value is -2.95. The summed E-state index contributed by atoms with van der Waals surface area (Å²) in [6.45, 7) is 1.56. The monoisotopic (exact) mass is 391 g/mol. The number of ketones is 1. The van der Waals surface area contributed by atoms with E-state index in [9.17, 15) is 14.4 Å². The zero-order valence-electron chi connectivity index (χ0n) is 16.5. The second-order valence-corrected chi connectivity index (χ2v) is 8.09. The van der Waals surface area contributed by atoms with Crippen LogP contribution < -0.4 is 5.32 Å². The number of carbonyl (C=O) groups is 3. The number of para-hydroxylation sites is 1. The Balaban J connectivity index is 1.41. The van der Waals surface area contributed by atoms with Gasteiger partial charge in [0.05, 0.1) is 5.92 Å². The van der Waals surface area contributed by atoms with Gasteiger partial charge in [-0.1, -0.05) is 48.5 Å². The molecule has 2 aromatic rings. The minimum Gasteiger partial charge on any atom is -0.455 e. The van der Waals surface area contributed by atoms with E-state index in [1.54, 1.807) is 18.2 Å². The van der Waals surface area contributed by atoms with E-state index in [1.807, 2.05) is 43.3 Å². The largest absolute Gasteiger partial charge is 0.455 e. The quantitative estimate of drug-likeness (QED) is 0.596. The normalized spacial score (nSPS) is 24.9. The van der Waals surface area contributed by atoms with Crippen LogP contribution in [-0.4, -0.2) is 24.3 Å². The molecule has 150 valence electrons. The molecule has 2 aromatic carbocycles. The predicted octanol–water partition coefficient (Wildman–Crippen LogP) is 4.02. The molecule has 0 heterocycles. The first kappa shape index (κ1) is 19.4. The maximum Gasteiger partial charge on any atom is 0.310 e. The van der Waals surface area contributed by atoms with Gasteiger partial charge in [0.25, 0.3) is 5.91 Å². The Labute approximate surface area is 170 Å². The van der Waals surface area contributed by atoms with Crippen LogP contribution >= 0.6 is 0 Å². The fourth-order valence-electron chi connectivity index (χ4n) is 4.93. The summed E-state index contributed by atoms with van der Waals surface area (Å²) >= 11 is 0. The third-order valence-electron chi connectivity index (χ3n) is 6.31. The van der Waals surface area contributed by atoms with Crippen molar-refractivity contribution in [2.45, 2.75) is 26.2 Å². The molecule has 0 aromatic heterocycles. The van der Waals surface area contributed by atoms with E-state index in [2.05, 4.69) is 5.32 Å². The van der Waals surface area contributed by atoms with Crippen LogP contribution in [0.15, 0.2) is 54.6 Å². The van der Waals surface area contributed by atoms with Crippen molar-refractivity contribution < 1.29 is 19.1 Å². The number of esters is 1. The number of rotatable bonds is 6. The van der Waals surface area contributed by atoms with Crippen molar-refractivity contribution in [3.8, 4) is 0 Å². The smallest absolute Gasteiger partial charge is 0.310 e. The van der Waals surface area contributed by atoms with E-state index >= 15 is 0 Å². The number of amides is 1. The average Bonchev–Trinajstić information content (AvgIpc) is 3.35. The molecule has 2 saturated carbocycles. The lowest BCUT2D eigenvalue weighted by molar-refractivity contribution is -0.154. The number of ether oxygens (including phenoxy) is 1. The zero-order chi connectivity index (χ0) is 20.4. The van der Waals surface area contributed by atoms with Gasteiger partial charge in [0, 0.05) is 17.2 Å². The van der Waals surface area contributed by atoms with Crippen molar-refractivity contribution in [2.24, 2.45) is 23.7 Å². The van der Waals surface area contributed by atoms with Gasteiger partial charge in [-0.25, -0.2) is 0 Å². The third kappa shape index (κ3) is 3.95. The van der Waals surface area contributed by atoms with E-state index < -0.39 is 11.9 Å². The van der Waals surface area contributed by atoms with Gasteiger partial charge in [0.2, 0.25) is 0 Å². The summed E-state index contributed by atoms with van der Waals surface area (Å²) in [6.07, 6.45) is 2.81. The van der Waals surface area contributed by atoms with Gasteiger partial charge in [-0.2, -0.15) is 0 Å². The molecule has 4 rings (SSSR count). The molecule has 2 bridgehead atoms. The number of benzene rings is 2. The first-order chi connectivity index (χ1) is 14.0. The molecule has 2 aliphatic rings. The highest BCUT2D eigenvalue weighted by molar-refractivity contribution is 6.01. The highest BCUT2D eigenvalue weighted by Gasteiger charge is 2.54. The number of aryl methyl sites for hydroxylation is 1. The molecule has 2 aliphatic carbocycles. The Kier molecular flexibility index (Phi) is 5.47. The van der Waals surface area contributed by atoms with Crippen LogP contribution in [0, 0.1) is 30.6 Å². The van der Waals surface area contributed by atoms with Crippen molar-refractivity contribution in [1.29, 1.82) is 0 Å². The van der Waals surface area contributed by atoms with Gasteiger partial charge >= 0.3 is 5.97 Å². The summed E-state index contributed by atoms with van der Waals surface area (Å²) in [5, 5.41) is 2.77. The maximum atomic E-state index is 13.1. The van der Waals surface area contributed by atoms with E-state index in [1.165, 1.54) is 0 Å². The van der Waals surface area contributed by atoms with Crippen LogP contribution in [0.5, 0.6) is 0 Å². The molecule has 1 N–H and O–H groups in total. The van der Waals surface area contributed by atoms with Crippen molar-refractivity contribution >= 4 is 23.3 Å². The Bertz CT molecular complexity index is 923. The lowest BCUT2D eigenvalue weighted by Crippen LogP contribution is -2.37. The molecule has 4 atom stereocenters. The van der Waals surface area contributed by atoms with Crippen molar-refractivity contribution in [1.82, 2.24) is 0 Å². The fraction of sp³-hybridized carbons (Fsp3) is 0.375. The lowest BCUT2D eigenvalue weighted by atomic mass is 9.75. The summed E-state index contributed by atoms with van der Waals surface area (Å²) in [5.41, 5.74) is 2.28. The average molecular weight is 391 g/mol. The van der Waals surface area contributed by atoms with Crippen LogP contribution in [0.2, 0.25) is 0 Å². The second-order valence-electron chi connectivity index (χ2n) is 8.09. The van der Waals surface area contributed by atoms with E-state index in [-0.39, 0.29) is 36.1 Å². The molecule has 0 aliphatic heterocycles. The first-order valence-corrected chi connectivity index (χ1v) is 10.2. The number of hydrogen-bond donors (Lipinski definition) is 1. The van der Waals surface area contributed by atoms with Crippen molar-refractivity contribution in [3.05, 3.63) is 65.7 Å². The zero-order valence-corrected chi connectivity index (χ0v) is 16.5. The molecule has 0 saturated heterocycles. The first-order valence-electron chi connectivity index (χ1n) is 10.2. The molecule has 1 amide bonds. The minimum atomic E-state index is -0.451. The van der Waals surface area contributed by atoms with Crippen molar-refractivity contribution in [3.63, 3.8) is 0 Å². The van der Waals surface area contributed by atoms with Crippen LogP contribution in [0.1, 0.15) is 35.2 Å². The fourth-order valence-corrected chi connectivity index (χ4v) is 4.93. The number of fused-ring (bicyclic) bond motifs is 2. The highest BCUT2D eigenvalue weighted by atomic mass is 16.5. The van der Waals surface area contributed by atoms with Crippen LogP contribution in [0.4, 0.5) is 5.69 Å². The predicted molar refractivity (Wildman–Crippen MR) is 109 cm³/mol. The molecule has 2 fully saturated rings. The topological polar surface area (TPSA) is 72.5 Å². The molecule has 5 heteroatoms. The summed E-state index contributed by atoms with van der Waals surface area (Å²) in [6, 6.07) is 16.6. The summed E-state index contributed by atoms with van der Waals surface area (Å²) < 4.78 is 5.37. The van der Waals surface area contributed by atoms with Gasteiger partial charge < -0.3 is 10.1 Å². The van der Waals surface area contributed by atoms with Gasteiger partial charge in [-0.15, -0.1) is 0 Å². The number of anilines is 1. The van der Waals surface area contributed by atoms with Gasteiger partial charge in [0.1, 0.15) is 0 Å². The van der Waals surface area contributed by atoms with Crippen molar-refractivity contribution in [2.75, 3.05) is 11.9 Å². The Morgan fingerprint density at radius 3 is 2.31 bits per heavy atom. The molecule has 0 unspecified atom stereocenters. The van der Waals surface area contributed by atoms with Crippen LogP contribution in [0.25, 0.3) is 0 Å². The Morgan fingerprint density at radius 1 is 0.931 bits per heavy atom. The van der Waals surface area contributed by atoms with Crippen LogP contribution in [-0.2, 0) is 14.3 Å². The van der Waals surface area contributed by atoms with E-state index in [4.69, 9.17) is 4.74 Å².